The summed E-state index contributed by atoms with van der Waals surface area (Å²) in [5.41, 5.74) is 7.49. The Kier molecular flexibility index (Phi) is 5.88. The molecule has 0 fully saturated rings. The molecule has 0 radical (unpaired) electrons. The maximum absolute atomic E-state index is 12.4. The zero-order valence-corrected chi connectivity index (χ0v) is 18.2. The number of aromatic amines is 1. The lowest BCUT2D eigenvalue weighted by Crippen LogP contribution is -2.18. The summed E-state index contributed by atoms with van der Waals surface area (Å²) in [6.45, 7) is 3.85. The Morgan fingerprint density at radius 2 is 1.90 bits per heavy atom. The number of benzene rings is 2. The lowest BCUT2D eigenvalue weighted by molar-refractivity contribution is 0.0950. The molecule has 2 aromatic carbocycles. The van der Waals surface area contributed by atoms with Crippen LogP contribution in [-0.2, 0) is 0 Å². The van der Waals surface area contributed by atoms with Gasteiger partial charge in [-0.15, -0.1) is 0 Å². The van der Waals surface area contributed by atoms with Gasteiger partial charge in [-0.25, -0.2) is 10.1 Å². The van der Waals surface area contributed by atoms with Gasteiger partial charge in [0, 0.05) is 16.1 Å². The molecule has 0 aliphatic heterocycles. The van der Waals surface area contributed by atoms with Crippen LogP contribution in [0, 0.1) is 13.8 Å². The van der Waals surface area contributed by atoms with Gasteiger partial charge in [-0.3, -0.25) is 9.89 Å². The summed E-state index contributed by atoms with van der Waals surface area (Å²) in [5.74, 6) is -0.425. The van der Waals surface area contributed by atoms with Gasteiger partial charge in [-0.05, 0) is 50.2 Å². The molecule has 0 unspecified atom stereocenters. The number of H-pyrrole nitrogens is 1. The van der Waals surface area contributed by atoms with E-state index in [1.807, 2.05) is 48.9 Å². The lowest BCUT2D eigenvalue weighted by Gasteiger charge is -2.03. The first-order valence-electron chi connectivity index (χ1n) is 9.40. The number of hydrogen-bond donors (Lipinski definition) is 2. The van der Waals surface area contributed by atoms with Crippen LogP contribution in [-0.4, -0.2) is 32.1 Å². The first-order valence-corrected chi connectivity index (χ1v) is 10.2. The molecule has 0 bridgehead atoms. The van der Waals surface area contributed by atoms with Gasteiger partial charge in [0.05, 0.1) is 34.0 Å². The molecule has 0 atom stereocenters. The van der Waals surface area contributed by atoms with E-state index in [0.717, 1.165) is 22.6 Å². The zero-order chi connectivity index (χ0) is 22.0. The minimum atomic E-state index is -0.425. The van der Waals surface area contributed by atoms with Crippen molar-refractivity contribution < 1.29 is 4.79 Å². The minimum absolute atomic E-state index is 0.256. The van der Waals surface area contributed by atoms with E-state index in [-0.39, 0.29) is 5.69 Å². The molecule has 0 saturated heterocycles. The summed E-state index contributed by atoms with van der Waals surface area (Å²) in [6, 6.07) is 16.5. The smallest absolute Gasteiger partial charge is 0.272 e. The Morgan fingerprint density at radius 3 is 2.65 bits per heavy atom. The van der Waals surface area contributed by atoms with Crippen LogP contribution in [0.3, 0.4) is 0 Å². The molecular weight excluding hydrogens is 435 g/mol. The number of hydrogen-bond acceptors (Lipinski definition) is 4. The van der Waals surface area contributed by atoms with E-state index in [1.54, 1.807) is 30.5 Å². The normalized spacial score (nSPS) is 11.2. The molecule has 31 heavy (non-hydrogen) atoms. The molecule has 156 valence electrons. The Bertz CT molecular complexity index is 1280. The van der Waals surface area contributed by atoms with Gasteiger partial charge in [-0.2, -0.15) is 15.3 Å². The Labute approximate surface area is 188 Å². The molecule has 9 heteroatoms. The quantitative estimate of drug-likeness (QED) is 0.331. The summed E-state index contributed by atoms with van der Waals surface area (Å²) >= 11 is 12.1. The fraction of sp³-hybridized carbons (Fsp3) is 0.0909. The highest BCUT2D eigenvalue weighted by Crippen LogP contribution is 2.29. The molecule has 0 aliphatic carbocycles. The number of aromatic nitrogens is 4. The summed E-state index contributed by atoms with van der Waals surface area (Å²) in [5, 5.41) is 16.5. The first kappa shape index (κ1) is 20.8. The van der Waals surface area contributed by atoms with Crippen molar-refractivity contribution in [2.24, 2.45) is 5.10 Å². The first-order chi connectivity index (χ1) is 14.9. The van der Waals surface area contributed by atoms with Gasteiger partial charge in [0.15, 0.2) is 0 Å². The predicted octanol–water partition coefficient (Wildman–Crippen LogP) is 4.95. The van der Waals surface area contributed by atoms with Gasteiger partial charge >= 0.3 is 0 Å². The number of amides is 1. The molecule has 0 spiro atoms. The van der Waals surface area contributed by atoms with Crippen molar-refractivity contribution in [3.8, 4) is 16.9 Å². The average molecular weight is 453 g/mol. The third kappa shape index (κ3) is 4.38. The average Bonchev–Trinajstić information content (AvgIpc) is 3.35. The molecule has 4 aromatic rings. The zero-order valence-electron chi connectivity index (χ0n) is 16.7. The molecule has 2 heterocycles. The second-order valence-electron chi connectivity index (χ2n) is 6.82. The van der Waals surface area contributed by atoms with Crippen LogP contribution < -0.4 is 5.43 Å². The molecule has 2 N–H and O–H groups in total. The summed E-state index contributed by atoms with van der Waals surface area (Å²) in [6.07, 6.45) is 1.59. The fourth-order valence-corrected chi connectivity index (χ4v) is 3.66. The van der Waals surface area contributed by atoms with E-state index in [0.29, 0.717) is 21.3 Å². The number of carbonyl (C=O) groups excluding carboxylic acids is 1. The predicted molar refractivity (Wildman–Crippen MR) is 122 cm³/mol. The third-order valence-corrected chi connectivity index (χ3v) is 5.29. The molecule has 7 nitrogen and oxygen atoms in total. The second kappa shape index (κ2) is 8.75. The molecule has 0 aliphatic rings. The van der Waals surface area contributed by atoms with Crippen LogP contribution in [0.25, 0.3) is 16.9 Å². The van der Waals surface area contributed by atoms with Crippen LogP contribution in [0.2, 0.25) is 10.0 Å². The molecule has 4 rings (SSSR count). The van der Waals surface area contributed by atoms with E-state index in [4.69, 9.17) is 23.2 Å². The van der Waals surface area contributed by atoms with E-state index >= 15 is 0 Å². The summed E-state index contributed by atoms with van der Waals surface area (Å²) in [7, 11) is 0. The number of nitrogens with one attached hydrogen (secondary N) is 2. The van der Waals surface area contributed by atoms with Crippen molar-refractivity contribution in [1.29, 1.82) is 0 Å². The van der Waals surface area contributed by atoms with Gasteiger partial charge in [0.1, 0.15) is 5.69 Å². The fourth-order valence-electron chi connectivity index (χ4n) is 3.15. The van der Waals surface area contributed by atoms with Crippen molar-refractivity contribution >= 4 is 35.3 Å². The standard InChI is InChI=1S/C22H18Cl2N6O/c1-13-18(14(2)30(29-13)16-6-4-3-5-7-16)12-25-28-22(31)21-11-20(26-27-21)17-9-8-15(23)10-19(17)24/h3-12H,1-2H3,(H,26,27)(H,28,31)/b25-12-. The van der Waals surface area contributed by atoms with E-state index in [2.05, 4.69) is 25.8 Å². The van der Waals surface area contributed by atoms with Gasteiger partial charge in [0.25, 0.3) is 5.91 Å². The largest absolute Gasteiger partial charge is 0.289 e. The second-order valence-corrected chi connectivity index (χ2v) is 7.67. The number of aryl methyl sites for hydroxylation is 1. The van der Waals surface area contributed by atoms with Gasteiger partial charge in [0.2, 0.25) is 0 Å². The van der Waals surface area contributed by atoms with E-state index < -0.39 is 5.91 Å². The van der Waals surface area contributed by atoms with Crippen molar-refractivity contribution in [1.82, 2.24) is 25.4 Å². The van der Waals surface area contributed by atoms with E-state index in [9.17, 15) is 4.79 Å². The van der Waals surface area contributed by atoms with Crippen molar-refractivity contribution in [3.63, 3.8) is 0 Å². The van der Waals surface area contributed by atoms with Crippen LogP contribution in [0.15, 0.2) is 59.7 Å². The van der Waals surface area contributed by atoms with Crippen molar-refractivity contribution in [3.05, 3.63) is 87.3 Å². The maximum Gasteiger partial charge on any atom is 0.289 e. The minimum Gasteiger partial charge on any atom is -0.272 e. The molecular formula is C22H18Cl2N6O. The van der Waals surface area contributed by atoms with E-state index in [1.165, 1.54) is 0 Å². The lowest BCUT2D eigenvalue weighted by atomic mass is 10.1. The number of rotatable bonds is 5. The third-order valence-electron chi connectivity index (χ3n) is 4.74. The van der Waals surface area contributed by atoms with Crippen LogP contribution in [0.4, 0.5) is 0 Å². The van der Waals surface area contributed by atoms with Gasteiger partial charge in [-0.1, -0.05) is 41.4 Å². The summed E-state index contributed by atoms with van der Waals surface area (Å²) < 4.78 is 1.84. The molecule has 0 saturated carbocycles. The SMILES string of the molecule is Cc1nn(-c2ccccc2)c(C)c1/C=N\NC(=O)c1cc(-c2ccc(Cl)cc2Cl)n[nH]1. The summed E-state index contributed by atoms with van der Waals surface area (Å²) in [4.78, 5) is 12.4. The van der Waals surface area contributed by atoms with Crippen LogP contribution in [0.5, 0.6) is 0 Å². The number of nitrogens with zero attached hydrogens (tertiary/aromatic N) is 4. The van der Waals surface area contributed by atoms with Crippen molar-refractivity contribution in [2.45, 2.75) is 13.8 Å². The Balaban J connectivity index is 1.49. The molecule has 1 amide bonds. The number of hydrazone groups is 1. The monoisotopic (exact) mass is 452 g/mol. The molecule has 2 aromatic heterocycles. The number of carbonyl (C=O) groups is 1. The van der Waals surface area contributed by atoms with Crippen molar-refractivity contribution in [2.75, 3.05) is 0 Å². The Morgan fingerprint density at radius 1 is 1.13 bits per heavy atom. The Hall–Kier alpha value is -3.42. The maximum atomic E-state index is 12.4. The number of para-hydroxylation sites is 1. The topological polar surface area (TPSA) is 88.0 Å². The van der Waals surface area contributed by atoms with Crippen LogP contribution >= 0.6 is 23.2 Å². The highest BCUT2D eigenvalue weighted by molar-refractivity contribution is 6.36. The van der Waals surface area contributed by atoms with Gasteiger partial charge < -0.3 is 0 Å². The number of halogens is 2. The highest BCUT2D eigenvalue weighted by Gasteiger charge is 2.14. The highest BCUT2D eigenvalue weighted by atomic mass is 35.5. The van der Waals surface area contributed by atoms with Crippen LogP contribution in [0.1, 0.15) is 27.4 Å².